The van der Waals surface area contributed by atoms with Gasteiger partial charge in [-0.3, -0.25) is 19.5 Å². The number of aliphatic carboxylic acids is 3. The van der Waals surface area contributed by atoms with Crippen LogP contribution in [-0.2, 0) is 26.5 Å². The lowest BCUT2D eigenvalue weighted by atomic mass is 9.83. The molecule has 2 heterocycles. The first-order valence-electron chi connectivity index (χ1n) is 12.4. The summed E-state index contributed by atoms with van der Waals surface area (Å²) in [7, 11) is 1.54. The number of likely N-dealkylation sites (tertiary alicyclic amines) is 1. The topological polar surface area (TPSA) is 178 Å². The molecule has 2 fully saturated rings. The lowest BCUT2D eigenvalue weighted by Gasteiger charge is -2.31. The van der Waals surface area contributed by atoms with E-state index < -0.39 is 42.0 Å². The van der Waals surface area contributed by atoms with E-state index >= 15 is 0 Å². The van der Waals surface area contributed by atoms with Crippen LogP contribution < -0.4 is 4.74 Å². The summed E-state index contributed by atoms with van der Waals surface area (Å²) in [5.74, 6) is -4.14. The van der Waals surface area contributed by atoms with E-state index in [4.69, 9.17) is 25.2 Å². The van der Waals surface area contributed by atoms with Gasteiger partial charge in [-0.1, -0.05) is 12.1 Å². The fourth-order valence-corrected chi connectivity index (χ4v) is 5.49. The summed E-state index contributed by atoms with van der Waals surface area (Å²) in [5, 5.41) is 45.3. The second-order valence-electron chi connectivity index (χ2n) is 10.1. The number of hydrogen-bond donors (Lipinski definition) is 5. The first-order valence-corrected chi connectivity index (χ1v) is 12.4. The van der Waals surface area contributed by atoms with Gasteiger partial charge in [0.05, 0.1) is 25.6 Å². The zero-order chi connectivity index (χ0) is 29.0. The smallest absolute Gasteiger partial charge is 0.336 e. The maximum Gasteiger partial charge on any atom is 0.336 e. The maximum atomic E-state index is 14.3. The number of ether oxygens (including phenoxy) is 1. The van der Waals surface area contributed by atoms with Crippen LogP contribution in [0.25, 0.3) is 0 Å². The molecule has 1 aromatic carbocycles. The van der Waals surface area contributed by atoms with Crippen LogP contribution in [0.3, 0.4) is 0 Å². The molecule has 5 N–H and O–H groups in total. The number of hydrogen-bond acceptors (Lipinski definition) is 8. The van der Waals surface area contributed by atoms with Gasteiger partial charge in [0.15, 0.2) is 5.60 Å². The van der Waals surface area contributed by atoms with E-state index in [1.54, 1.807) is 18.3 Å². The van der Waals surface area contributed by atoms with Gasteiger partial charge < -0.3 is 30.3 Å². The molecule has 1 aromatic heterocycles. The number of carbonyl (C=O) groups is 3. The van der Waals surface area contributed by atoms with Crippen LogP contribution in [0, 0.1) is 24.6 Å². The minimum atomic E-state index is -2.74. The molecular weight excluding hydrogens is 515 g/mol. The van der Waals surface area contributed by atoms with Crippen molar-refractivity contribution in [3.8, 4) is 5.75 Å². The van der Waals surface area contributed by atoms with Gasteiger partial charge in [-0.15, -0.1) is 0 Å². The molecule has 1 saturated heterocycles. The fraction of sp³-hybridized carbons (Fsp3) is 0.481. The first kappa shape index (κ1) is 29.9. The number of methoxy groups -OCH3 is 1. The lowest BCUT2D eigenvalue weighted by molar-refractivity contribution is -0.170. The van der Waals surface area contributed by atoms with Crippen LogP contribution in [0.1, 0.15) is 42.5 Å². The summed E-state index contributed by atoms with van der Waals surface area (Å²) in [5.41, 5.74) is -1.09. The van der Waals surface area contributed by atoms with Crippen molar-refractivity contribution in [3.05, 3.63) is 59.2 Å². The highest BCUT2D eigenvalue weighted by Crippen LogP contribution is 2.50. The Balaban J connectivity index is 0.000000276. The number of pyridine rings is 1. The number of carboxylic acids is 3. The van der Waals surface area contributed by atoms with E-state index in [1.807, 2.05) is 19.1 Å². The summed E-state index contributed by atoms with van der Waals surface area (Å²) in [6.45, 7) is 4.22. The molecule has 0 unspecified atom stereocenters. The Morgan fingerprint density at radius 1 is 1.15 bits per heavy atom. The number of benzene rings is 1. The molecule has 0 spiro atoms. The normalized spacial score (nSPS) is 22.5. The number of aromatic nitrogens is 1. The largest absolute Gasteiger partial charge is 0.497 e. The molecular formula is C27H33FN2O9. The third-order valence-corrected chi connectivity index (χ3v) is 7.39. The van der Waals surface area contributed by atoms with E-state index in [0.717, 1.165) is 37.2 Å². The maximum absolute atomic E-state index is 14.3. The molecule has 12 heteroatoms. The van der Waals surface area contributed by atoms with E-state index in [2.05, 4.69) is 9.88 Å². The number of rotatable bonds is 9. The predicted octanol–water partition coefficient (Wildman–Crippen LogP) is 2.02. The van der Waals surface area contributed by atoms with Gasteiger partial charge in [0.25, 0.3) is 0 Å². The zero-order valence-electron chi connectivity index (χ0n) is 21.7. The van der Waals surface area contributed by atoms with Crippen LogP contribution >= 0.6 is 0 Å². The summed E-state index contributed by atoms with van der Waals surface area (Å²) in [6, 6.07) is 8.93. The standard InChI is InChI=1S/C21H25FN2O2.C6H8O7/c1-14-4-3-9-23-20(14)21(25)8-7-15-11-24(13-18(15)21)12-16-5-6-17(26-2)10-19(16)22;7-3(8)1-6(13,5(11)12)2-4(9)10/h3-6,9-10,15,18,25H,7-8,11-13H2,1-2H3;13H,1-2H2,(H,7,8)(H,9,10)(H,11,12)/t15-,18+,21-;/m1./s1. The molecule has 39 heavy (non-hydrogen) atoms. The van der Waals surface area contributed by atoms with Gasteiger partial charge in [-0.05, 0) is 43.4 Å². The van der Waals surface area contributed by atoms with Crippen LogP contribution in [0.5, 0.6) is 5.75 Å². The molecule has 11 nitrogen and oxygen atoms in total. The second-order valence-corrected chi connectivity index (χ2v) is 10.1. The number of nitrogens with zero attached hydrogens (tertiary/aromatic N) is 2. The highest BCUT2D eigenvalue weighted by Gasteiger charge is 2.53. The van der Waals surface area contributed by atoms with Crippen LogP contribution in [-0.4, -0.2) is 79.1 Å². The van der Waals surface area contributed by atoms with Crippen molar-refractivity contribution < 1.29 is 49.0 Å². The van der Waals surface area contributed by atoms with Crippen LogP contribution in [0.15, 0.2) is 36.5 Å². The molecule has 1 aliphatic carbocycles. The average molecular weight is 549 g/mol. The monoisotopic (exact) mass is 548 g/mol. The Labute approximate surface area is 224 Å². The van der Waals surface area contributed by atoms with Crippen molar-refractivity contribution in [1.29, 1.82) is 0 Å². The Hall–Kier alpha value is -3.61. The SMILES string of the molecule is COc1ccc(CN2C[C@H]3CC[C@](O)(c4ncccc4C)[C@H]3C2)c(F)c1.O=C(O)CC(O)(CC(=O)O)C(=O)O. The summed E-state index contributed by atoms with van der Waals surface area (Å²) in [4.78, 5) is 37.2. The first-order chi connectivity index (χ1) is 18.3. The third-order valence-electron chi connectivity index (χ3n) is 7.39. The summed E-state index contributed by atoms with van der Waals surface area (Å²) in [6.07, 6.45) is 1.21. The predicted molar refractivity (Wildman–Crippen MR) is 134 cm³/mol. The van der Waals surface area contributed by atoms with Crippen molar-refractivity contribution in [2.45, 2.75) is 50.4 Å². The van der Waals surface area contributed by atoms with Crippen LogP contribution in [0.4, 0.5) is 4.39 Å². The van der Waals surface area contributed by atoms with Gasteiger partial charge in [-0.2, -0.15) is 0 Å². The number of aryl methyl sites for hydroxylation is 1. The Morgan fingerprint density at radius 3 is 2.36 bits per heavy atom. The Kier molecular flexibility index (Phi) is 9.26. The molecule has 1 aliphatic heterocycles. The Morgan fingerprint density at radius 2 is 1.82 bits per heavy atom. The summed E-state index contributed by atoms with van der Waals surface area (Å²) < 4.78 is 19.4. The second kappa shape index (κ2) is 12.1. The fourth-order valence-electron chi connectivity index (χ4n) is 5.49. The van der Waals surface area contributed by atoms with Crippen LogP contribution in [0.2, 0.25) is 0 Å². The molecule has 2 aromatic rings. The van der Waals surface area contributed by atoms with Gasteiger partial charge in [0, 0.05) is 43.4 Å². The highest BCUT2D eigenvalue weighted by atomic mass is 19.1. The molecule has 3 atom stereocenters. The molecule has 0 amide bonds. The number of carboxylic acid groups (broad SMARTS) is 3. The Bertz CT molecular complexity index is 1210. The molecule has 1 saturated carbocycles. The summed E-state index contributed by atoms with van der Waals surface area (Å²) >= 11 is 0. The molecule has 0 radical (unpaired) electrons. The average Bonchev–Trinajstić information content (AvgIpc) is 3.39. The van der Waals surface area contributed by atoms with Gasteiger partial charge in [0.2, 0.25) is 0 Å². The quantitative estimate of drug-likeness (QED) is 0.310. The number of fused-ring (bicyclic) bond motifs is 1. The highest BCUT2D eigenvalue weighted by molar-refractivity contribution is 5.88. The zero-order valence-corrected chi connectivity index (χ0v) is 21.7. The van der Waals surface area contributed by atoms with E-state index in [-0.39, 0.29) is 11.7 Å². The van der Waals surface area contributed by atoms with Crippen molar-refractivity contribution in [1.82, 2.24) is 9.88 Å². The van der Waals surface area contributed by atoms with Crippen molar-refractivity contribution in [2.24, 2.45) is 11.8 Å². The minimum Gasteiger partial charge on any atom is -0.497 e. The van der Waals surface area contributed by atoms with E-state index in [1.165, 1.54) is 13.2 Å². The lowest BCUT2D eigenvalue weighted by Crippen LogP contribution is -2.42. The van der Waals surface area contributed by atoms with Crippen molar-refractivity contribution in [3.63, 3.8) is 0 Å². The molecule has 2 aliphatic rings. The van der Waals surface area contributed by atoms with E-state index in [0.29, 0.717) is 23.8 Å². The van der Waals surface area contributed by atoms with Gasteiger partial charge in [-0.25, -0.2) is 9.18 Å². The minimum absolute atomic E-state index is 0.150. The molecule has 0 bridgehead atoms. The number of halogens is 1. The number of aliphatic hydroxyl groups is 2. The van der Waals surface area contributed by atoms with Gasteiger partial charge >= 0.3 is 17.9 Å². The third kappa shape index (κ3) is 6.88. The van der Waals surface area contributed by atoms with Crippen molar-refractivity contribution >= 4 is 17.9 Å². The van der Waals surface area contributed by atoms with Gasteiger partial charge in [0.1, 0.15) is 17.2 Å². The molecule has 212 valence electrons. The van der Waals surface area contributed by atoms with Crippen molar-refractivity contribution in [2.75, 3.05) is 20.2 Å². The molecule has 4 rings (SSSR count). The van der Waals surface area contributed by atoms with E-state index in [9.17, 15) is 23.9 Å².